The fourth-order valence-corrected chi connectivity index (χ4v) is 7.11. The molecule has 0 spiro atoms. The summed E-state index contributed by atoms with van der Waals surface area (Å²) in [6.07, 6.45) is 13.6. The highest BCUT2D eigenvalue weighted by Crippen LogP contribution is 2.31. The Bertz CT molecular complexity index is 1130. The summed E-state index contributed by atoms with van der Waals surface area (Å²) in [5.41, 5.74) is 0.854. The van der Waals surface area contributed by atoms with E-state index in [2.05, 4.69) is 15.2 Å². The highest BCUT2D eigenvalue weighted by Gasteiger charge is 2.30. The van der Waals surface area contributed by atoms with Crippen LogP contribution in [0.4, 0.5) is 0 Å². The number of fused-ring (bicyclic) bond motifs is 1. The third-order valence-electron chi connectivity index (χ3n) is 7.83. The number of likely N-dealkylation sites (tertiary alicyclic amines) is 1. The minimum absolute atomic E-state index is 0.0132. The normalized spacial score (nSPS) is 18.7. The molecular formula is C30H40ClN3O3S. The van der Waals surface area contributed by atoms with Crippen molar-refractivity contribution in [3.8, 4) is 0 Å². The average molecular weight is 558 g/mol. The van der Waals surface area contributed by atoms with Gasteiger partial charge in [0.1, 0.15) is 5.78 Å². The zero-order valence-corrected chi connectivity index (χ0v) is 24.0. The second kappa shape index (κ2) is 14.3. The maximum absolute atomic E-state index is 13.5. The summed E-state index contributed by atoms with van der Waals surface area (Å²) in [7, 11) is 0. The summed E-state index contributed by atoms with van der Waals surface area (Å²) >= 11 is 7.65. The van der Waals surface area contributed by atoms with Gasteiger partial charge in [-0.1, -0.05) is 36.9 Å². The second-order valence-electron chi connectivity index (χ2n) is 11.0. The maximum Gasteiger partial charge on any atom is 0.224 e. The van der Waals surface area contributed by atoms with Gasteiger partial charge in [0.15, 0.2) is 5.78 Å². The molecule has 0 radical (unpaired) electrons. The predicted molar refractivity (Wildman–Crippen MR) is 155 cm³/mol. The van der Waals surface area contributed by atoms with Crippen molar-refractivity contribution in [3.63, 3.8) is 0 Å². The fraction of sp³-hybridized carbons (Fsp3) is 0.600. The van der Waals surface area contributed by atoms with E-state index < -0.39 is 5.92 Å². The van der Waals surface area contributed by atoms with Gasteiger partial charge in [0.2, 0.25) is 5.91 Å². The highest BCUT2D eigenvalue weighted by molar-refractivity contribution is 7.18. The van der Waals surface area contributed by atoms with Crippen LogP contribution in [0.3, 0.4) is 0 Å². The van der Waals surface area contributed by atoms with Crippen LogP contribution in [0, 0.1) is 11.8 Å². The SMILES string of the molecule is CC(=O)C[C@@H](Cc1nc2ccc(Cl)cc2s1)C(=O)N[C@H](CCC(=O)/C=C/CN1CCCCC1)C1CCCC1. The first kappa shape index (κ1) is 28.9. The lowest BCUT2D eigenvalue weighted by atomic mass is 9.91. The molecule has 2 aliphatic rings. The van der Waals surface area contributed by atoms with Gasteiger partial charge in [-0.2, -0.15) is 0 Å². The van der Waals surface area contributed by atoms with E-state index in [1.165, 1.54) is 37.5 Å². The van der Waals surface area contributed by atoms with Crippen LogP contribution in [-0.4, -0.2) is 53.0 Å². The van der Waals surface area contributed by atoms with Crippen molar-refractivity contribution in [1.82, 2.24) is 15.2 Å². The molecule has 1 aliphatic heterocycles. The Kier molecular flexibility index (Phi) is 10.9. The molecular weight excluding hydrogens is 518 g/mol. The van der Waals surface area contributed by atoms with Gasteiger partial charge in [-0.25, -0.2) is 4.98 Å². The Morgan fingerprint density at radius 3 is 2.66 bits per heavy atom. The number of ketones is 2. The van der Waals surface area contributed by atoms with Crippen LogP contribution < -0.4 is 5.32 Å². The minimum Gasteiger partial charge on any atom is -0.353 e. The van der Waals surface area contributed by atoms with Crippen molar-refractivity contribution in [2.75, 3.05) is 19.6 Å². The summed E-state index contributed by atoms with van der Waals surface area (Å²) in [5.74, 6) is -0.102. The molecule has 1 amide bonds. The number of Topliss-reactive ketones (excluding diaryl/α,β-unsaturated/α-hetero) is 1. The van der Waals surface area contributed by atoms with E-state index in [0.29, 0.717) is 30.2 Å². The first-order valence-corrected chi connectivity index (χ1v) is 15.3. The number of nitrogens with zero attached hydrogens (tertiary/aromatic N) is 2. The van der Waals surface area contributed by atoms with Crippen molar-refractivity contribution in [2.45, 2.75) is 83.6 Å². The number of amides is 1. The molecule has 0 bridgehead atoms. The van der Waals surface area contributed by atoms with E-state index in [-0.39, 0.29) is 29.9 Å². The number of aromatic nitrogens is 1. The molecule has 4 rings (SSSR count). The number of hydrogen-bond acceptors (Lipinski definition) is 6. The zero-order valence-electron chi connectivity index (χ0n) is 22.4. The summed E-state index contributed by atoms with van der Waals surface area (Å²) in [6, 6.07) is 5.52. The number of carbonyl (C=O) groups excluding carboxylic acids is 3. The van der Waals surface area contributed by atoms with E-state index in [1.807, 2.05) is 24.3 Å². The number of halogens is 1. The zero-order chi connectivity index (χ0) is 26.9. The molecule has 1 aliphatic carbocycles. The van der Waals surface area contributed by atoms with Crippen LogP contribution in [0.15, 0.2) is 30.4 Å². The van der Waals surface area contributed by atoms with E-state index in [4.69, 9.17) is 11.6 Å². The van der Waals surface area contributed by atoms with Gasteiger partial charge in [0, 0.05) is 36.9 Å². The molecule has 1 N–H and O–H groups in total. The Morgan fingerprint density at radius 2 is 1.92 bits per heavy atom. The Hall–Kier alpha value is -2.09. The number of nitrogens with one attached hydrogen (secondary N) is 1. The number of benzene rings is 1. The lowest BCUT2D eigenvalue weighted by Crippen LogP contribution is -2.43. The van der Waals surface area contributed by atoms with Gasteiger partial charge in [0.25, 0.3) is 0 Å². The number of piperidine rings is 1. The molecule has 2 fully saturated rings. The first-order chi connectivity index (χ1) is 18.4. The average Bonchev–Trinajstić information content (AvgIpc) is 3.56. The number of rotatable bonds is 13. The quantitative estimate of drug-likeness (QED) is 0.299. The van der Waals surface area contributed by atoms with E-state index in [0.717, 1.165) is 60.5 Å². The van der Waals surface area contributed by atoms with Gasteiger partial charge in [-0.05, 0) is 82.3 Å². The molecule has 38 heavy (non-hydrogen) atoms. The maximum atomic E-state index is 13.5. The van der Waals surface area contributed by atoms with Crippen LogP contribution >= 0.6 is 22.9 Å². The Balaban J connectivity index is 1.36. The lowest BCUT2D eigenvalue weighted by Gasteiger charge is -2.27. The molecule has 1 saturated heterocycles. The molecule has 206 valence electrons. The molecule has 0 unspecified atom stereocenters. The summed E-state index contributed by atoms with van der Waals surface area (Å²) in [5, 5.41) is 4.75. The predicted octanol–water partition coefficient (Wildman–Crippen LogP) is 6.15. The monoisotopic (exact) mass is 557 g/mol. The van der Waals surface area contributed by atoms with E-state index in [1.54, 1.807) is 6.08 Å². The number of hydrogen-bond donors (Lipinski definition) is 1. The van der Waals surface area contributed by atoms with Gasteiger partial charge >= 0.3 is 0 Å². The van der Waals surface area contributed by atoms with Gasteiger partial charge < -0.3 is 10.1 Å². The van der Waals surface area contributed by atoms with Crippen molar-refractivity contribution in [1.29, 1.82) is 0 Å². The molecule has 2 atom stereocenters. The molecule has 1 aromatic heterocycles. The van der Waals surface area contributed by atoms with Crippen LogP contribution in [0.2, 0.25) is 5.02 Å². The van der Waals surface area contributed by atoms with Crippen molar-refractivity contribution < 1.29 is 14.4 Å². The highest BCUT2D eigenvalue weighted by atomic mass is 35.5. The summed E-state index contributed by atoms with van der Waals surface area (Å²) in [6.45, 7) is 4.59. The minimum atomic E-state index is -0.479. The molecule has 2 heterocycles. The summed E-state index contributed by atoms with van der Waals surface area (Å²) < 4.78 is 0.977. The number of carbonyl (C=O) groups is 3. The second-order valence-corrected chi connectivity index (χ2v) is 12.5. The standard InChI is InChI=1S/C30H40ClN3O3S/c1-21(35)18-23(19-29-32-27-13-11-24(31)20-28(27)38-29)30(37)33-26(22-8-3-4-9-22)14-12-25(36)10-7-17-34-15-5-2-6-16-34/h7,10-11,13,20,22-23,26H,2-6,8-9,12,14-19H2,1H3,(H,33,37)/b10-7+/t23-,26+/m0/s1. The Morgan fingerprint density at radius 1 is 1.16 bits per heavy atom. The van der Waals surface area contributed by atoms with Crippen LogP contribution in [-0.2, 0) is 20.8 Å². The van der Waals surface area contributed by atoms with E-state index in [9.17, 15) is 14.4 Å². The topological polar surface area (TPSA) is 79.4 Å². The fourth-order valence-electron chi connectivity index (χ4n) is 5.79. The lowest BCUT2D eigenvalue weighted by molar-refractivity contribution is -0.129. The van der Waals surface area contributed by atoms with Crippen molar-refractivity contribution in [3.05, 3.63) is 40.4 Å². The third kappa shape index (κ3) is 8.72. The van der Waals surface area contributed by atoms with Gasteiger partial charge in [-0.15, -0.1) is 11.3 Å². The van der Waals surface area contributed by atoms with Gasteiger partial charge in [0.05, 0.1) is 21.1 Å². The number of thiazole rings is 1. The van der Waals surface area contributed by atoms with Crippen LogP contribution in [0.5, 0.6) is 0 Å². The third-order valence-corrected chi connectivity index (χ3v) is 9.11. The van der Waals surface area contributed by atoms with Crippen molar-refractivity contribution >= 4 is 50.6 Å². The molecule has 2 aromatic rings. The molecule has 8 heteroatoms. The molecule has 1 saturated carbocycles. The smallest absolute Gasteiger partial charge is 0.224 e. The summed E-state index contributed by atoms with van der Waals surface area (Å²) in [4.78, 5) is 45.3. The largest absolute Gasteiger partial charge is 0.353 e. The van der Waals surface area contributed by atoms with Crippen molar-refractivity contribution in [2.24, 2.45) is 11.8 Å². The van der Waals surface area contributed by atoms with E-state index >= 15 is 0 Å². The Labute approximate surface area is 235 Å². The first-order valence-electron chi connectivity index (χ1n) is 14.1. The number of allylic oxidation sites excluding steroid dienone is 1. The van der Waals surface area contributed by atoms with Crippen LogP contribution in [0.1, 0.15) is 76.1 Å². The molecule has 6 nitrogen and oxygen atoms in total. The van der Waals surface area contributed by atoms with Gasteiger partial charge in [-0.3, -0.25) is 14.5 Å². The van der Waals surface area contributed by atoms with Crippen LogP contribution in [0.25, 0.3) is 10.2 Å². The molecule has 1 aromatic carbocycles.